The number of nitro groups is 1. The Bertz CT molecular complexity index is 438. The zero-order valence-electron chi connectivity index (χ0n) is 10.8. The Kier molecular flexibility index (Phi) is 7.49. The molecule has 0 aliphatic carbocycles. The number of aliphatic hydroxyl groups is 1. The third-order valence-corrected chi connectivity index (χ3v) is 2.31. The molecule has 19 heavy (non-hydrogen) atoms. The predicted octanol–water partition coefficient (Wildman–Crippen LogP) is 1.93. The Balaban J connectivity index is 0.00000103. The number of hydrogen-bond donors (Lipinski definition) is 1. The molecule has 1 N–H and O–H groups in total. The molecule has 0 spiro atoms. The molecule has 0 radical (unpaired) electrons. The molecule has 1 aromatic rings. The summed E-state index contributed by atoms with van der Waals surface area (Å²) in [5.41, 5.74) is 0.0431. The van der Waals surface area contributed by atoms with Crippen molar-refractivity contribution in [2.24, 2.45) is 0 Å². The summed E-state index contributed by atoms with van der Waals surface area (Å²) < 4.78 is 10.7. The van der Waals surface area contributed by atoms with Gasteiger partial charge in [0.1, 0.15) is 18.5 Å². The largest absolute Gasteiger partial charge is 0.538 e. The van der Waals surface area contributed by atoms with Crippen LogP contribution in [0.25, 0.3) is 0 Å². The van der Waals surface area contributed by atoms with Crippen molar-refractivity contribution in [1.29, 1.82) is 0 Å². The molecule has 1 heterocycles. The van der Waals surface area contributed by atoms with Crippen molar-refractivity contribution in [1.82, 2.24) is 0 Å². The van der Waals surface area contributed by atoms with Gasteiger partial charge in [0.2, 0.25) is 0 Å². The van der Waals surface area contributed by atoms with Gasteiger partial charge >= 0.3 is 0 Å². The Labute approximate surface area is 126 Å². The van der Waals surface area contributed by atoms with E-state index in [4.69, 9.17) is 14.6 Å². The summed E-state index contributed by atoms with van der Waals surface area (Å²) in [7, 11) is 0. The smallest absolute Gasteiger partial charge is 0.173 e. The van der Waals surface area contributed by atoms with E-state index in [1.54, 1.807) is 0 Å². The molecule has 1 aromatic carbocycles. The van der Waals surface area contributed by atoms with E-state index in [2.05, 4.69) is 6.92 Å². The van der Waals surface area contributed by atoms with Gasteiger partial charge in [-0.25, -0.2) is 0 Å². The first-order valence-electron chi connectivity index (χ1n) is 5.67. The van der Waals surface area contributed by atoms with E-state index in [9.17, 15) is 10.1 Å². The minimum Gasteiger partial charge on any atom is -0.538 e. The van der Waals surface area contributed by atoms with Gasteiger partial charge < -0.3 is 14.6 Å². The van der Waals surface area contributed by atoms with E-state index in [1.165, 1.54) is 12.1 Å². The Morgan fingerprint density at radius 3 is 2.68 bits per heavy atom. The summed E-state index contributed by atoms with van der Waals surface area (Å²) in [6, 6.07) is 2.79. The number of ether oxygens (including phenoxy) is 2. The molecule has 0 fully saturated rings. The van der Waals surface area contributed by atoms with E-state index in [-0.39, 0.29) is 51.3 Å². The van der Waals surface area contributed by atoms with E-state index in [0.29, 0.717) is 5.75 Å². The van der Waals surface area contributed by atoms with Crippen LogP contribution in [0.3, 0.4) is 0 Å². The SMILES string of the molecule is CC.[CH2-]c1c([N+](=O)[O-])ccc2c1OC(CO)CO2.[W]. The molecule has 1 aliphatic heterocycles. The summed E-state index contributed by atoms with van der Waals surface area (Å²) in [5, 5.41) is 19.6. The van der Waals surface area contributed by atoms with Crippen LogP contribution in [-0.4, -0.2) is 29.3 Å². The van der Waals surface area contributed by atoms with Crippen LogP contribution in [0.2, 0.25) is 0 Å². The van der Waals surface area contributed by atoms with Crippen molar-refractivity contribution in [3.8, 4) is 11.5 Å². The third kappa shape index (κ3) is 3.85. The van der Waals surface area contributed by atoms with Gasteiger partial charge in [0, 0.05) is 26.0 Å². The van der Waals surface area contributed by atoms with E-state index in [0.717, 1.165) is 0 Å². The van der Waals surface area contributed by atoms with Crippen LogP contribution >= 0.6 is 0 Å². The van der Waals surface area contributed by atoms with Crippen LogP contribution in [0.1, 0.15) is 19.4 Å². The van der Waals surface area contributed by atoms with Gasteiger partial charge in [0.15, 0.2) is 5.69 Å². The van der Waals surface area contributed by atoms with Crippen molar-refractivity contribution < 1.29 is 40.6 Å². The van der Waals surface area contributed by atoms with Gasteiger partial charge in [-0.2, -0.15) is 6.92 Å². The molecule has 0 bridgehead atoms. The van der Waals surface area contributed by atoms with E-state index in [1.807, 2.05) is 13.8 Å². The summed E-state index contributed by atoms with van der Waals surface area (Å²) in [5.74, 6) is 0.653. The fourth-order valence-electron chi connectivity index (χ4n) is 1.48. The number of fused-ring (bicyclic) bond motifs is 1. The molecule has 2 rings (SSSR count). The van der Waals surface area contributed by atoms with Gasteiger partial charge in [-0.3, -0.25) is 10.1 Å². The van der Waals surface area contributed by atoms with Crippen molar-refractivity contribution in [2.75, 3.05) is 13.2 Å². The average molecular weight is 438 g/mol. The van der Waals surface area contributed by atoms with Crippen LogP contribution in [0.5, 0.6) is 11.5 Å². The first kappa shape index (κ1) is 17.7. The van der Waals surface area contributed by atoms with Crippen LogP contribution < -0.4 is 9.47 Å². The molecule has 1 unspecified atom stereocenters. The Hall–Kier alpha value is -1.26. The topological polar surface area (TPSA) is 81.8 Å². The minimum atomic E-state index is -0.533. The number of rotatable bonds is 2. The van der Waals surface area contributed by atoms with Gasteiger partial charge in [-0.05, 0) is 12.1 Å². The molecule has 1 aliphatic rings. The summed E-state index contributed by atoms with van der Waals surface area (Å²) in [6.07, 6.45) is -0.505. The second kappa shape index (κ2) is 8.02. The first-order chi connectivity index (χ1) is 8.63. The normalized spacial score (nSPS) is 15.6. The van der Waals surface area contributed by atoms with Crippen LogP contribution in [0.4, 0.5) is 5.69 Å². The van der Waals surface area contributed by atoms with E-state index < -0.39 is 11.0 Å². The molecule has 1 atom stereocenters. The number of hydrogen-bond acceptors (Lipinski definition) is 5. The van der Waals surface area contributed by atoms with Gasteiger partial charge in [-0.1, -0.05) is 19.4 Å². The zero-order valence-corrected chi connectivity index (χ0v) is 13.7. The van der Waals surface area contributed by atoms with Crippen LogP contribution in [0.15, 0.2) is 12.1 Å². The third-order valence-electron chi connectivity index (χ3n) is 2.31. The summed E-state index contributed by atoms with van der Waals surface area (Å²) >= 11 is 0. The van der Waals surface area contributed by atoms with Crippen LogP contribution in [0, 0.1) is 17.0 Å². The first-order valence-corrected chi connectivity index (χ1v) is 5.67. The molecule has 0 aromatic heterocycles. The Morgan fingerprint density at radius 2 is 2.16 bits per heavy atom. The molecular formula is C12H16NO5W-. The molecule has 0 amide bonds. The number of benzene rings is 1. The molecular weight excluding hydrogens is 422 g/mol. The van der Waals surface area contributed by atoms with E-state index >= 15 is 0 Å². The maximum Gasteiger partial charge on any atom is 0.173 e. The Morgan fingerprint density at radius 1 is 1.53 bits per heavy atom. The summed E-state index contributed by atoms with van der Waals surface area (Å²) in [6.45, 7) is 7.61. The second-order valence-electron chi connectivity index (χ2n) is 3.38. The predicted molar refractivity (Wildman–Crippen MR) is 65.9 cm³/mol. The fraction of sp³-hybridized carbons (Fsp3) is 0.417. The van der Waals surface area contributed by atoms with Crippen LogP contribution in [-0.2, 0) is 21.1 Å². The molecule has 106 valence electrons. The fourth-order valence-corrected chi connectivity index (χ4v) is 1.48. The molecule has 7 heteroatoms. The number of aliphatic hydroxyl groups excluding tert-OH is 1. The average Bonchev–Trinajstić information content (AvgIpc) is 2.41. The van der Waals surface area contributed by atoms with Gasteiger partial charge in [0.05, 0.1) is 12.4 Å². The van der Waals surface area contributed by atoms with Crippen molar-refractivity contribution in [3.05, 3.63) is 34.7 Å². The van der Waals surface area contributed by atoms with Gasteiger partial charge in [0.25, 0.3) is 0 Å². The van der Waals surface area contributed by atoms with Gasteiger partial charge in [-0.15, -0.1) is 0 Å². The summed E-state index contributed by atoms with van der Waals surface area (Å²) in [4.78, 5) is 10.1. The minimum absolute atomic E-state index is 0. The maximum atomic E-state index is 10.7. The van der Waals surface area contributed by atoms with Crippen molar-refractivity contribution >= 4 is 5.69 Å². The van der Waals surface area contributed by atoms with Crippen molar-refractivity contribution in [3.63, 3.8) is 0 Å². The maximum absolute atomic E-state index is 10.7. The monoisotopic (exact) mass is 438 g/mol. The number of nitrogens with zero attached hydrogens (tertiary/aromatic N) is 1. The quantitative estimate of drug-likeness (QED) is 0.434. The molecule has 0 saturated heterocycles. The second-order valence-corrected chi connectivity index (χ2v) is 3.38. The zero-order chi connectivity index (χ0) is 13.7. The standard InChI is InChI=1S/C10H10NO5.C2H6.W/c1-6-8(11(13)14)2-3-9-10(6)16-7(4-12)5-15-9;1-2;/h2-3,7,12H,1,4-5H2;1-2H3;/q-1;;. The number of nitro benzene ring substituents is 1. The molecule has 0 saturated carbocycles. The molecule has 6 nitrogen and oxygen atoms in total. The van der Waals surface area contributed by atoms with Crippen molar-refractivity contribution in [2.45, 2.75) is 20.0 Å².